The summed E-state index contributed by atoms with van der Waals surface area (Å²) in [6.45, 7) is 1.68. The second-order valence-electron chi connectivity index (χ2n) is 4.53. The van der Waals surface area contributed by atoms with E-state index in [1.54, 1.807) is 0 Å². The monoisotopic (exact) mass is 318 g/mol. The molecular formula is C15H15BrN2O. The Morgan fingerprint density at radius 1 is 1.11 bits per heavy atom. The lowest BCUT2D eigenvalue weighted by molar-refractivity contribution is 0.322. The van der Waals surface area contributed by atoms with Gasteiger partial charge in [0.15, 0.2) is 0 Å². The molecule has 2 N–H and O–H groups in total. The number of rotatable bonds is 1. The number of hydrogen-bond donors (Lipinski definition) is 1. The fraction of sp³-hybridized carbons (Fsp3) is 0.200. The van der Waals surface area contributed by atoms with E-state index in [2.05, 4.69) is 26.9 Å². The molecule has 0 radical (unpaired) electrons. The van der Waals surface area contributed by atoms with E-state index in [9.17, 15) is 0 Å². The minimum atomic E-state index is 0.750. The lowest BCUT2D eigenvalue weighted by Gasteiger charge is -2.25. The Labute approximate surface area is 121 Å². The van der Waals surface area contributed by atoms with Crippen LogP contribution in [0.2, 0.25) is 0 Å². The molecule has 0 saturated carbocycles. The smallest absolute Gasteiger partial charge is 0.142 e. The predicted octanol–water partition coefficient (Wildman–Crippen LogP) is 3.95. The number of hydrogen-bond acceptors (Lipinski definition) is 3. The van der Waals surface area contributed by atoms with Crippen molar-refractivity contribution >= 4 is 33.0 Å². The van der Waals surface area contributed by atoms with Crippen molar-refractivity contribution < 1.29 is 4.74 Å². The molecule has 98 valence electrons. The molecular weight excluding hydrogens is 304 g/mol. The Kier molecular flexibility index (Phi) is 3.34. The van der Waals surface area contributed by atoms with Crippen molar-refractivity contribution in [2.75, 3.05) is 23.8 Å². The molecule has 1 aliphatic rings. The van der Waals surface area contributed by atoms with Gasteiger partial charge >= 0.3 is 0 Å². The molecule has 0 unspecified atom stereocenters. The van der Waals surface area contributed by atoms with E-state index in [0.29, 0.717) is 0 Å². The van der Waals surface area contributed by atoms with Crippen LogP contribution in [0.15, 0.2) is 46.9 Å². The van der Waals surface area contributed by atoms with Crippen LogP contribution in [-0.2, 0) is 0 Å². The number of nitrogens with two attached hydrogens (primary N) is 1. The van der Waals surface area contributed by atoms with Gasteiger partial charge in [-0.15, -0.1) is 0 Å². The van der Waals surface area contributed by atoms with E-state index >= 15 is 0 Å². The largest absolute Gasteiger partial charge is 0.491 e. The molecule has 0 aromatic heterocycles. The van der Waals surface area contributed by atoms with Gasteiger partial charge in [-0.1, -0.05) is 12.1 Å². The first-order valence-electron chi connectivity index (χ1n) is 6.30. The standard InChI is InChI=1S/C15H15BrN2O/c16-12-10-11(17)6-7-13(12)18-8-3-9-19-15-5-2-1-4-14(15)18/h1-2,4-7,10H,3,8-9,17H2. The zero-order valence-electron chi connectivity index (χ0n) is 10.5. The van der Waals surface area contributed by atoms with Crippen LogP contribution in [-0.4, -0.2) is 13.2 Å². The van der Waals surface area contributed by atoms with Crippen molar-refractivity contribution in [3.05, 3.63) is 46.9 Å². The minimum absolute atomic E-state index is 0.750. The van der Waals surface area contributed by atoms with Gasteiger partial charge in [-0.3, -0.25) is 0 Å². The molecule has 1 heterocycles. The summed E-state index contributed by atoms with van der Waals surface area (Å²) in [6.07, 6.45) is 0.992. The van der Waals surface area contributed by atoms with Crippen LogP contribution in [0.4, 0.5) is 17.1 Å². The second-order valence-corrected chi connectivity index (χ2v) is 5.39. The summed E-state index contributed by atoms with van der Waals surface area (Å²) in [6, 6.07) is 14.0. The van der Waals surface area contributed by atoms with E-state index < -0.39 is 0 Å². The third-order valence-electron chi connectivity index (χ3n) is 3.20. The molecule has 2 aromatic carbocycles. The number of benzene rings is 2. The van der Waals surface area contributed by atoms with E-state index in [1.165, 1.54) is 0 Å². The number of nitrogens with zero attached hydrogens (tertiary/aromatic N) is 1. The molecule has 19 heavy (non-hydrogen) atoms. The zero-order chi connectivity index (χ0) is 13.2. The minimum Gasteiger partial charge on any atom is -0.491 e. The van der Waals surface area contributed by atoms with Crippen molar-refractivity contribution in [2.45, 2.75) is 6.42 Å². The Morgan fingerprint density at radius 3 is 2.79 bits per heavy atom. The highest BCUT2D eigenvalue weighted by Crippen LogP contribution is 2.39. The van der Waals surface area contributed by atoms with Gasteiger partial charge in [-0.05, 0) is 52.7 Å². The van der Waals surface area contributed by atoms with Gasteiger partial charge in [0.05, 0.1) is 18.0 Å². The summed E-state index contributed by atoms with van der Waals surface area (Å²) >= 11 is 3.60. The van der Waals surface area contributed by atoms with Crippen LogP contribution in [0, 0.1) is 0 Å². The quantitative estimate of drug-likeness (QED) is 0.809. The summed E-state index contributed by atoms with van der Waals surface area (Å²) in [5.41, 5.74) is 8.79. The molecule has 0 fully saturated rings. The number of nitrogen functional groups attached to an aromatic ring is 1. The molecule has 2 aromatic rings. The van der Waals surface area contributed by atoms with Gasteiger partial charge in [-0.2, -0.15) is 0 Å². The van der Waals surface area contributed by atoms with Crippen LogP contribution in [0.3, 0.4) is 0 Å². The Hall–Kier alpha value is -1.68. The first-order valence-corrected chi connectivity index (χ1v) is 7.09. The first-order chi connectivity index (χ1) is 9.25. The molecule has 3 rings (SSSR count). The van der Waals surface area contributed by atoms with Crippen molar-refractivity contribution in [1.82, 2.24) is 0 Å². The maximum absolute atomic E-state index is 5.81. The van der Waals surface area contributed by atoms with Crippen LogP contribution >= 0.6 is 15.9 Å². The third kappa shape index (κ3) is 2.40. The van der Waals surface area contributed by atoms with Gasteiger partial charge < -0.3 is 15.4 Å². The van der Waals surface area contributed by atoms with Gasteiger partial charge in [0.2, 0.25) is 0 Å². The third-order valence-corrected chi connectivity index (χ3v) is 3.84. The van der Waals surface area contributed by atoms with Crippen molar-refractivity contribution in [2.24, 2.45) is 0 Å². The summed E-state index contributed by atoms with van der Waals surface area (Å²) < 4.78 is 6.79. The molecule has 0 aliphatic carbocycles. The molecule has 0 spiro atoms. The number of ether oxygens (including phenoxy) is 1. The maximum atomic E-state index is 5.81. The number of para-hydroxylation sites is 2. The van der Waals surface area contributed by atoms with Crippen molar-refractivity contribution in [1.29, 1.82) is 0 Å². The molecule has 0 atom stereocenters. The molecule has 3 nitrogen and oxygen atoms in total. The highest BCUT2D eigenvalue weighted by atomic mass is 79.9. The second kappa shape index (κ2) is 5.13. The molecule has 0 bridgehead atoms. The normalized spacial score (nSPS) is 14.5. The Bertz CT molecular complexity index is 600. The maximum Gasteiger partial charge on any atom is 0.142 e. The van der Waals surface area contributed by atoms with E-state index in [-0.39, 0.29) is 0 Å². The van der Waals surface area contributed by atoms with Gasteiger partial charge in [-0.25, -0.2) is 0 Å². The highest BCUT2D eigenvalue weighted by molar-refractivity contribution is 9.10. The van der Waals surface area contributed by atoms with E-state index in [1.807, 2.05) is 36.4 Å². The van der Waals surface area contributed by atoms with E-state index in [0.717, 1.165) is 46.9 Å². The average molecular weight is 319 g/mol. The summed E-state index contributed by atoms with van der Waals surface area (Å²) in [5.74, 6) is 0.934. The number of fused-ring (bicyclic) bond motifs is 1. The Morgan fingerprint density at radius 2 is 1.95 bits per heavy atom. The molecule has 0 amide bonds. The fourth-order valence-corrected chi connectivity index (χ4v) is 2.93. The summed E-state index contributed by atoms with van der Waals surface area (Å²) in [7, 11) is 0. The highest BCUT2D eigenvalue weighted by Gasteiger charge is 2.19. The predicted molar refractivity (Wildman–Crippen MR) is 82.1 cm³/mol. The lowest BCUT2D eigenvalue weighted by atomic mass is 10.2. The summed E-state index contributed by atoms with van der Waals surface area (Å²) in [4.78, 5) is 2.27. The molecule has 1 aliphatic heterocycles. The van der Waals surface area contributed by atoms with Crippen LogP contribution in [0.5, 0.6) is 5.75 Å². The SMILES string of the molecule is Nc1ccc(N2CCCOc3ccccc32)c(Br)c1. The summed E-state index contributed by atoms with van der Waals surface area (Å²) in [5, 5.41) is 0. The fourth-order valence-electron chi connectivity index (χ4n) is 2.32. The number of halogens is 1. The Balaban J connectivity index is 2.09. The number of anilines is 3. The van der Waals surface area contributed by atoms with Crippen LogP contribution in [0.1, 0.15) is 6.42 Å². The lowest BCUT2D eigenvalue weighted by Crippen LogP contribution is -2.18. The topological polar surface area (TPSA) is 38.5 Å². The van der Waals surface area contributed by atoms with Crippen LogP contribution in [0.25, 0.3) is 0 Å². The average Bonchev–Trinajstić information content (AvgIpc) is 2.61. The van der Waals surface area contributed by atoms with E-state index in [4.69, 9.17) is 10.5 Å². The van der Waals surface area contributed by atoms with Gasteiger partial charge in [0.1, 0.15) is 5.75 Å². The van der Waals surface area contributed by atoms with Gasteiger partial charge in [0, 0.05) is 16.7 Å². The van der Waals surface area contributed by atoms with Gasteiger partial charge in [0.25, 0.3) is 0 Å². The van der Waals surface area contributed by atoms with Crippen molar-refractivity contribution in [3.8, 4) is 5.75 Å². The molecule has 4 heteroatoms. The zero-order valence-corrected chi connectivity index (χ0v) is 12.1. The van der Waals surface area contributed by atoms with Crippen molar-refractivity contribution in [3.63, 3.8) is 0 Å². The molecule has 0 saturated heterocycles. The van der Waals surface area contributed by atoms with Crippen LogP contribution < -0.4 is 15.4 Å². The first kappa shape index (κ1) is 12.4.